The van der Waals surface area contributed by atoms with Crippen molar-refractivity contribution in [2.45, 2.75) is 17.5 Å². The molecule has 0 aliphatic heterocycles. The van der Waals surface area contributed by atoms with E-state index in [1.165, 1.54) is 35.0 Å². The Morgan fingerprint density at radius 1 is 1.22 bits per heavy atom. The Hall–Kier alpha value is -1.38. The fourth-order valence-corrected chi connectivity index (χ4v) is 3.70. The van der Waals surface area contributed by atoms with Crippen molar-refractivity contribution < 1.29 is 13.5 Å². The standard InChI is InChI=1S/C14H14Cl2N2O4S/c15-10-4-5-12(16)13(7-10)23(21,22)17-8-11(19)9-18-6-2-1-3-14(18)20/h1-7,11,17,19H,8-9H2. The molecule has 1 aromatic carbocycles. The summed E-state index contributed by atoms with van der Waals surface area (Å²) in [5, 5.41) is 10.2. The fraction of sp³-hybridized carbons (Fsp3) is 0.214. The number of hydrogen-bond acceptors (Lipinski definition) is 4. The topological polar surface area (TPSA) is 88.4 Å². The van der Waals surface area contributed by atoms with Gasteiger partial charge in [-0.2, -0.15) is 0 Å². The molecule has 9 heteroatoms. The Balaban J connectivity index is 2.06. The first-order valence-electron chi connectivity index (χ1n) is 6.58. The molecular formula is C14H14Cl2N2O4S. The monoisotopic (exact) mass is 376 g/mol. The van der Waals surface area contributed by atoms with Crippen LogP contribution in [-0.2, 0) is 16.6 Å². The van der Waals surface area contributed by atoms with E-state index in [1.807, 2.05) is 0 Å². The van der Waals surface area contributed by atoms with Gasteiger partial charge >= 0.3 is 0 Å². The molecule has 2 aromatic rings. The van der Waals surface area contributed by atoms with E-state index in [2.05, 4.69) is 4.72 Å². The zero-order valence-electron chi connectivity index (χ0n) is 11.8. The number of benzene rings is 1. The second-order valence-electron chi connectivity index (χ2n) is 4.77. The highest BCUT2D eigenvalue weighted by atomic mass is 35.5. The minimum absolute atomic E-state index is 0.0238. The molecule has 2 rings (SSSR count). The fourth-order valence-electron chi connectivity index (χ4n) is 1.87. The van der Waals surface area contributed by atoms with Crippen molar-refractivity contribution in [3.8, 4) is 0 Å². The summed E-state index contributed by atoms with van der Waals surface area (Å²) in [6, 6.07) is 8.64. The average Bonchev–Trinajstić information content (AvgIpc) is 2.50. The maximum atomic E-state index is 12.2. The summed E-state index contributed by atoms with van der Waals surface area (Å²) < 4.78 is 27.9. The number of nitrogens with one attached hydrogen (secondary N) is 1. The van der Waals surface area contributed by atoms with Crippen molar-refractivity contribution in [3.63, 3.8) is 0 Å². The number of rotatable bonds is 6. The lowest BCUT2D eigenvalue weighted by Crippen LogP contribution is -2.36. The molecule has 0 spiro atoms. The van der Waals surface area contributed by atoms with Crippen LogP contribution >= 0.6 is 23.2 Å². The summed E-state index contributed by atoms with van der Waals surface area (Å²) in [5.41, 5.74) is -0.285. The third-order valence-corrected chi connectivity index (χ3v) is 5.14. The van der Waals surface area contributed by atoms with Crippen LogP contribution in [0.2, 0.25) is 10.0 Å². The van der Waals surface area contributed by atoms with Crippen LogP contribution in [0.25, 0.3) is 0 Å². The number of hydrogen-bond donors (Lipinski definition) is 2. The lowest BCUT2D eigenvalue weighted by molar-refractivity contribution is 0.156. The van der Waals surface area contributed by atoms with E-state index in [0.29, 0.717) is 0 Å². The zero-order valence-corrected chi connectivity index (χ0v) is 14.1. The van der Waals surface area contributed by atoms with E-state index in [-0.39, 0.29) is 33.6 Å². The molecule has 0 saturated carbocycles. The van der Waals surface area contributed by atoms with Crippen molar-refractivity contribution >= 4 is 33.2 Å². The Bertz CT molecular complexity index is 852. The maximum Gasteiger partial charge on any atom is 0.250 e. The lowest BCUT2D eigenvalue weighted by Gasteiger charge is -2.14. The molecule has 23 heavy (non-hydrogen) atoms. The van der Waals surface area contributed by atoms with Gasteiger partial charge in [-0.15, -0.1) is 0 Å². The predicted octanol–water partition coefficient (Wildman–Crippen LogP) is 1.49. The Kier molecular flexibility index (Phi) is 5.83. The van der Waals surface area contributed by atoms with Crippen LogP contribution in [0, 0.1) is 0 Å². The first-order chi connectivity index (χ1) is 10.8. The highest BCUT2D eigenvalue weighted by molar-refractivity contribution is 7.89. The van der Waals surface area contributed by atoms with Gasteiger partial charge in [0.2, 0.25) is 10.0 Å². The highest BCUT2D eigenvalue weighted by Gasteiger charge is 2.19. The molecular weight excluding hydrogens is 363 g/mol. The molecule has 124 valence electrons. The minimum atomic E-state index is -3.92. The summed E-state index contributed by atoms with van der Waals surface area (Å²) in [6.45, 7) is -0.308. The van der Waals surface area contributed by atoms with Crippen molar-refractivity contribution in [2.75, 3.05) is 6.54 Å². The first kappa shape index (κ1) is 18.0. The minimum Gasteiger partial charge on any atom is -0.390 e. The zero-order chi connectivity index (χ0) is 17.0. The Morgan fingerprint density at radius 3 is 2.65 bits per heavy atom. The third-order valence-electron chi connectivity index (χ3n) is 3.00. The van der Waals surface area contributed by atoms with Crippen molar-refractivity contribution in [3.05, 3.63) is 63.0 Å². The number of aliphatic hydroxyl groups is 1. The van der Waals surface area contributed by atoms with Crippen molar-refractivity contribution in [2.24, 2.45) is 0 Å². The molecule has 0 amide bonds. The predicted molar refractivity (Wildman–Crippen MR) is 88.4 cm³/mol. The Labute approximate surface area is 143 Å². The van der Waals surface area contributed by atoms with Gasteiger partial charge in [0.1, 0.15) is 4.90 Å². The van der Waals surface area contributed by atoms with Gasteiger partial charge in [-0.25, -0.2) is 13.1 Å². The summed E-state index contributed by atoms with van der Waals surface area (Å²) >= 11 is 11.6. The van der Waals surface area contributed by atoms with E-state index in [0.717, 1.165) is 0 Å². The number of sulfonamides is 1. The molecule has 0 saturated heterocycles. The quantitative estimate of drug-likeness (QED) is 0.799. The Morgan fingerprint density at radius 2 is 1.96 bits per heavy atom. The van der Waals surface area contributed by atoms with E-state index in [1.54, 1.807) is 12.1 Å². The number of aliphatic hydroxyl groups excluding tert-OH is 1. The molecule has 2 N–H and O–H groups in total. The summed E-state index contributed by atoms with van der Waals surface area (Å²) in [4.78, 5) is 11.4. The second-order valence-corrected chi connectivity index (χ2v) is 7.35. The van der Waals surface area contributed by atoms with Gasteiger partial charge in [0.15, 0.2) is 0 Å². The molecule has 0 radical (unpaired) electrons. The van der Waals surface area contributed by atoms with Crippen molar-refractivity contribution in [1.29, 1.82) is 0 Å². The number of nitrogens with zero attached hydrogens (tertiary/aromatic N) is 1. The second kappa shape index (κ2) is 7.46. The SMILES string of the molecule is O=c1ccccn1CC(O)CNS(=O)(=O)c1cc(Cl)ccc1Cl. The molecule has 1 aromatic heterocycles. The van der Waals surface area contributed by atoms with Crippen LogP contribution in [0.1, 0.15) is 0 Å². The van der Waals surface area contributed by atoms with E-state index < -0.39 is 16.1 Å². The molecule has 1 atom stereocenters. The van der Waals surface area contributed by atoms with Gasteiger partial charge in [0.05, 0.1) is 17.7 Å². The van der Waals surface area contributed by atoms with Gasteiger partial charge in [-0.05, 0) is 24.3 Å². The largest absolute Gasteiger partial charge is 0.390 e. The normalized spacial score (nSPS) is 13.0. The molecule has 1 unspecified atom stereocenters. The van der Waals surface area contributed by atoms with Gasteiger partial charge in [0.25, 0.3) is 5.56 Å². The molecule has 0 aliphatic rings. The van der Waals surface area contributed by atoms with Crippen LogP contribution in [0.5, 0.6) is 0 Å². The number of aromatic nitrogens is 1. The maximum absolute atomic E-state index is 12.2. The van der Waals surface area contributed by atoms with Gasteiger partial charge in [0, 0.05) is 23.8 Å². The van der Waals surface area contributed by atoms with E-state index in [9.17, 15) is 18.3 Å². The summed E-state index contributed by atoms with van der Waals surface area (Å²) in [6.07, 6.45) is 0.427. The van der Waals surface area contributed by atoms with Crippen LogP contribution < -0.4 is 10.3 Å². The van der Waals surface area contributed by atoms with E-state index in [4.69, 9.17) is 23.2 Å². The lowest BCUT2D eigenvalue weighted by atomic mass is 10.3. The molecule has 0 bridgehead atoms. The summed E-state index contributed by atoms with van der Waals surface area (Å²) in [7, 11) is -3.92. The van der Waals surface area contributed by atoms with Gasteiger partial charge < -0.3 is 9.67 Å². The smallest absolute Gasteiger partial charge is 0.250 e. The molecule has 1 heterocycles. The number of pyridine rings is 1. The van der Waals surface area contributed by atoms with Crippen LogP contribution in [0.3, 0.4) is 0 Å². The van der Waals surface area contributed by atoms with Crippen LogP contribution in [-0.4, -0.2) is 30.7 Å². The number of halogens is 2. The average molecular weight is 377 g/mol. The molecule has 0 aliphatic carbocycles. The summed E-state index contributed by atoms with van der Waals surface area (Å²) in [5.74, 6) is 0. The highest BCUT2D eigenvalue weighted by Crippen LogP contribution is 2.24. The first-order valence-corrected chi connectivity index (χ1v) is 8.82. The van der Waals surface area contributed by atoms with Crippen LogP contribution in [0.4, 0.5) is 0 Å². The van der Waals surface area contributed by atoms with Crippen LogP contribution in [0.15, 0.2) is 52.3 Å². The molecule has 6 nitrogen and oxygen atoms in total. The van der Waals surface area contributed by atoms with Gasteiger partial charge in [-0.1, -0.05) is 29.3 Å². The molecule has 0 fully saturated rings. The van der Waals surface area contributed by atoms with Crippen molar-refractivity contribution in [1.82, 2.24) is 9.29 Å². The van der Waals surface area contributed by atoms with Gasteiger partial charge in [-0.3, -0.25) is 4.79 Å². The third kappa shape index (κ3) is 4.79. The van der Waals surface area contributed by atoms with E-state index >= 15 is 0 Å².